The van der Waals surface area contributed by atoms with Gasteiger partial charge in [0, 0.05) is 12.5 Å². The molecule has 2 aliphatic heterocycles. The first-order valence-corrected chi connectivity index (χ1v) is 11.9. The summed E-state index contributed by atoms with van der Waals surface area (Å²) in [7, 11) is 1.55. The van der Waals surface area contributed by atoms with Crippen molar-refractivity contribution in [2.45, 2.75) is 50.3 Å². The smallest absolute Gasteiger partial charge is 0.329 e. The summed E-state index contributed by atoms with van der Waals surface area (Å²) in [6.07, 6.45) is -1.87. The molecule has 6 unspecified atom stereocenters. The summed E-state index contributed by atoms with van der Waals surface area (Å²) in [6.45, 7) is 4.65. The number of carbonyl (C=O) groups excluding carboxylic acids is 1. The minimum atomic E-state index is -1.16. The van der Waals surface area contributed by atoms with E-state index < -0.39 is 49.5 Å². The maximum absolute atomic E-state index is 12.2. The molecule has 0 aromatic heterocycles. The Morgan fingerprint density at radius 3 is 2.57 bits per heavy atom. The van der Waals surface area contributed by atoms with Crippen LogP contribution in [-0.4, -0.2) is 68.0 Å². The van der Waals surface area contributed by atoms with Crippen LogP contribution in [0.25, 0.3) is 0 Å². The van der Waals surface area contributed by atoms with Crippen LogP contribution < -0.4 is 14.8 Å². The summed E-state index contributed by atoms with van der Waals surface area (Å²) >= 11 is 0. The van der Waals surface area contributed by atoms with Crippen LogP contribution in [-0.2, 0) is 35.0 Å². The van der Waals surface area contributed by atoms with Gasteiger partial charge >= 0.3 is 5.97 Å². The normalized spacial score (nSPS) is 27.0. The Balaban J connectivity index is 1.65. The minimum Gasteiger partial charge on any atom is -0.496 e. The number of para-hydroxylation sites is 2. The Kier molecular flexibility index (Phi) is 8.78. The molecule has 10 heteroatoms. The topological polar surface area (TPSA) is 122 Å². The summed E-state index contributed by atoms with van der Waals surface area (Å²) in [4.78, 5) is 23.6. The zero-order valence-electron chi connectivity index (χ0n) is 20.7. The van der Waals surface area contributed by atoms with E-state index in [0.717, 1.165) is 5.56 Å². The zero-order valence-corrected chi connectivity index (χ0v) is 20.7. The lowest BCUT2D eigenvalue weighted by atomic mass is 9.95. The first-order valence-electron chi connectivity index (χ1n) is 11.9. The van der Waals surface area contributed by atoms with Crippen molar-refractivity contribution in [3.05, 3.63) is 72.3 Å². The number of fused-ring (bicyclic) bond motifs is 1. The van der Waals surface area contributed by atoms with E-state index >= 15 is 0 Å². The molecule has 6 atom stereocenters. The molecule has 2 aromatic rings. The lowest BCUT2D eigenvalue weighted by Crippen LogP contribution is -2.68. The van der Waals surface area contributed by atoms with Gasteiger partial charge in [0.1, 0.15) is 42.5 Å². The van der Waals surface area contributed by atoms with Crippen LogP contribution >= 0.6 is 0 Å². The molecule has 2 saturated heterocycles. The Morgan fingerprint density at radius 1 is 1.14 bits per heavy atom. The van der Waals surface area contributed by atoms with Gasteiger partial charge in [-0.3, -0.25) is 4.79 Å². The number of allylic oxidation sites excluding steroid dienone is 1. The van der Waals surface area contributed by atoms with Gasteiger partial charge in [-0.15, -0.1) is 6.58 Å². The molecule has 2 heterocycles. The molecule has 0 bridgehead atoms. The number of aliphatic carboxylic acids is 1. The van der Waals surface area contributed by atoms with E-state index in [-0.39, 0.29) is 12.5 Å². The van der Waals surface area contributed by atoms with Crippen molar-refractivity contribution in [3.63, 3.8) is 0 Å². The van der Waals surface area contributed by atoms with E-state index in [1.807, 2.05) is 36.4 Å². The Morgan fingerprint density at radius 2 is 1.86 bits per heavy atom. The maximum Gasteiger partial charge on any atom is 0.329 e. The lowest BCUT2D eigenvalue weighted by molar-refractivity contribution is -0.338. The number of carbonyl (C=O) groups is 2. The molecule has 4 rings (SSSR count). The van der Waals surface area contributed by atoms with Gasteiger partial charge in [-0.1, -0.05) is 42.5 Å². The van der Waals surface area contributed by atoms with Gasteiger partial charge in [0.15, 0.2) is 6.29 Å². The molecule has 0 spiro atoms. The van der Waals surface area contributed by atoms with E-state index in [2.05, 4.69) is 11.9 Å². The van der Waals surface area contributed by atoms with E-state index in [1.165, 1.54) is 6.92 Å². The third-order valence-electron chi connectivity index (χ3n) is 6.08. The molecular formula is C27H31NO9. The van der Waals surface area contributed by atoms with Gasteiger partial charge in [-0.2, -0.15) is 0 Å². The summed E-state index contributed by atoms with van der Waals surface area (Å²) in [5.74, 6) is -0.407. The van der Waals surface area contributed by atoms with Crippen molar-refractivity contribution in [3.8, 4) is 11.5 Å². The number of carboxylic acids is 1. The van der Waals surface area contributed by atoms with Crippen molar-refractivity contribution >= 4 is 11.9 Å². The van der Waals surface area contributed by atoms with Crippen LogP contribution in [0.4, 0.5) is 0 Å². The number of amides is 1. The summed E-state index contributed by atoms with van der Waals surface area (Å²) in [5.41, 5.74) is 1.54. The van der Waals surface area contributed by atoms with Gasteiger partial charge in [0.2, 0.25) is 12.2 Å². The Labute approximate surface area is 215 Å². The summed E-state index contributed by atoms with van der Waals surface area (Å²) in [5, 5.41) is 12.2. The number of nitrogens with one attached hydrogen (secondary N) is 1. The largest absolute Gasteiger partial charge is 0.496 e. The fourth-order valence-electron chi connectivity index (χ4n) is 4.51. The van der Waals surface area contributed by atoms with Crippen molar-refractivity contribution < 1.29 is 43.1 Å². The van der Waals surface area contributed by atoms with Gasteiger partial charge < -0.3 is 38.8 Å². The van der Waals surface area contributed by atoms with Crippen LogP contribution in [0.5, 0.6) is 11.5 Å². The maximum atomic E-state index is 12.2. The average molecular weight is 514 g/mol. The molecule has 2 aromatic carbocycles. The third-order valence-corrected chi connectivity index (χ3v) is 6.08. The Bertz CT molecular complexity index is 1110. The zero-order chi connectivity index (χ0) is 26.4. The molecule has 0 aliphatic carbocycles. The van der Waals surface area contributed by atoms with Crippen molar-refractivity contribution in [1.82, 2.24) is 5.32 Å². The number of hydrogen-bond donors (Lipinski definition) is 2. The molecule has 37 heavy (non-hydrogen) atoms. The monoisotopic (exact) mass is 513 g/mol. The Hall–Kier alpha value is -3.44. The second-order valence-electron chi connectivity index (χ2n) is 8.66. The highest BCUT2D eigenvalue weighted by Gasteiger charge is 2.52. The highest BCUT2D eigenvalue weighted by atomic mass is 16.8. The first-order chi connectivity index (χ1) is 17.9. The molecule has 2 fully saturated rings. The molecule has 0 radical (unpaired) electrons. The number of carboxylic acid groups (broad SMARTS) is 1. The van der Waals surface area contributed by atoms with Crippen molar-refractivity contribution in [1.29, 1.82) is 0 Å². The van der Waals surface area contributed by atoms with E-state index in [1.54, 1.807) is 25.3 Å². The highest BCUT2D eigenvalue weighted by molar-refractivity contribution is 5.73. The van der Waals surface area contributed by atoms with Crippen LogP contribution in [0.3, 0.4) is 0 Å². The predicted octanol–water partition coefficient (Wildman–Crippen LogP) is 2.62. The van der Waals surface area contributed by atoms with Gasteiger partial charge in [-0.25, -0.2) is 4.79 Å². The number of ether oxygens (including phenoxy) is 6. The molecule has 10 nitrogen and oxygen atoms in total. The fraction of sp³-hybridized carbons (Fsp3) is 0.407. The molecule has 0 saturated carbocycles. The SMILES string of the molecule is C=CCc1ccccc1OC1OC2COC(c3ccccc3OC)OC2C(OCC(=O)O)C1NC(C)=O. The van der Waals surface area contributed by atoms with Crippen LogP contribution in [0.2, 0.25) is 0 Å². The van der Waals surface area contributed by atoms with E-state index in [4.69, 9.17) is 28.4 Å². The van der Waals surface area contributed by atoms with Crippen molar-refractivity contribution in [2.75, 3.05) is 20.3 Å². The summed E-state index contributed by atoms with van der Waals surface area (Å²) < 4.78 is 36.0. The second-order valence-corrected chi connectivity index (χ2v) is 8.66. The van der Waals surface area contributed by atoms with Gasteiger partial charge in [0.05, 0.1) is 13.7 Å². The first kappa shape index (κ1) is 26.6. The minimum absolute atomic E-state index is 0.112. The lowest BCUT2D eigenvalue weighted by Gasteiger charge is -2.49. The average Bonchev–Trinajstić information content (AvgIpc) is 2.89. The molecule has 2 N–H and O–H groups in total. The predicted molar refractivity (Wildman–Crippen MR) is 131 cm³/mol. The summed E-state index contributed by atoms with van der Waals surface area (Å²) in [6, 6.07) is 13.8. The van der Waals surface area contributed by atoms with Crippen LogP contribution in [0.15, 0.2) is 61.2 Å². The quantitative estimate of drug-likeness (QED) is 0.462. The van der Waals surface area contributed by atoms with Gasteiger partial charge in [0.25, 0.3) is 0 Å². The standard InChI is InChI=1S/C27H31NO9/c1-4-9-17-10-5-7-12-19(17)35-27-23(28-16(2)29)25(33-15-22(30)31)24-21(36-27)14-34-26(37-24)18-11-6-8-13-20(18)32-3/h4-8,10-13,21,23-27H,1,9,14-15H2,2-3H3,(H,28,29)(H,30,31). The van der Waals surface area contributed by atoms with Gasteiger partial charge in [-0.05, 0) is 24.1 Å². The molecule has 2 aliphatic rings. The number of benzene rings is 2. The molecular weight excluding hydrogens is 482 g/mol. The van der Waals surface area contributed by atoms with Crippen LogP contribution in [0, 0.1) is 0 Å². The van der Waals surface area contributed by atoms with Crippen LogP contribution in [0.1, 0.15) is 24.3 Å². The van der Waals surface area contributed by atoms with E-state index in [0.29, 0.717) is 23.5 Å². The molecule has 1 amide bonds. The fourth-order valence-corrected chi connectivity index (χ4v) is 4.51. The third kappa shape index (κ3) is 6.28. The number of rotatable bonds is 10. The number of hydrogen-bond acceptors (Lipinski definition) is 8. The number of methoxy groups -OCH3 is 1. The second kappa shape index (κ2) is 12.2. The highest BCUT2D eigenvalue weighted by Crippen LogP contribution is 2.38. The van der Waals surface area contributed by atoms with Crippen molar-refractivity contribution in [2.24, 2.45) is 0 Å². The van der Waals surface area contributed by atoms with E-state index in [9.17, 15) is 14.7 Å². The molecule has 198 valence electrons.